The first-order valence-corrected chi connectivity index (χ1v) is 8.47. The van der Waals surface area contributed by atoms with Crippen molar-refractivity contribution in [2.45, 2.75) is 31.0 Å². The largest absolute Gasteiger partial charge is 0.207 e. The van der Waals surface area contributed by atoms with Crippen LogP contribution >= 0.6 is 27.5 Å². The van der Waals surface area contributed by atoms with E-state index in [0.717, 1.165) is 35.2 Å². The molecule has 3 aliphatic rings. The van der Waals surface area contributed by atoms with E-state index in [0.29, 0.717) is 15.4 Å². The van der Waals surface area contributed by atoms with Gasteiger partial charge in [-0.15, -0.1) is 0 Å². The van der Waals surface area contributed by atoms with Gasteiger partial charge in [0, 0.05) is 9.85 Å². The van der Waals surface area contributed by atoms with Gasteiger partial charge in [0.25, 0.3) is 0 Å². The van der Waals surface area contributed by atoms with E-state index in [1.54, 1.807) is 0 Å². The van der Waals surface area contributed by atoms with Crippen molar-refractivity contribution in [3.8, 4) is 0 Å². The Labute approximate surface area is 126 Å². The molecule has 3 aliphatic carbocycles. The van der Waals surface area contributed by atoms with Crippen molar-refractivity contribution in [2.24, 2.45) is 29.6 Å². The molecule has 0 aliphatic heterocycles. The van der Waals surface area contributed by atoms with Gasteiger partial charge >= 0.3 is 0 Å². The number of alkyl halides is 1. The van der Waals surface area contributed by atoms with Crippen LogP contribution in [-0.2, 0) is 0 Å². The van der Waals surface area contributed by atoms with E-state index in [2.05, 4.69) is 15.9 Å². The van der Waals surface area contributed by atoms with Crippen LogP contribution < -0.4 is 0 Å². The van der Waals surface area contributed by atoms with Crippen LogP contribution in [0.25, 0.3) is 0 Å². The highest BCUT2D eigenvalue weighted by atomic mass is 79.9. The molecule has 0 saturated heterocycles. The van der Waals surface area contributed by atoms with Gasteiger partial charge in [-0.2, -0.15) is 0 Å². The minimum Gasteiger partial charge on any atom is -0.207 e. The molecule has 4 rings (SSSR count). The van der Waals surface area contributed by atoms with Gasteiger partial charge in [-0.25, -0.2) is 4.39 Å². The summed E-state index contributed by atoms with van der Waals surface area (Å²) in [4.78, 5) is 0.303. The Morgan fingerprint density at radius 2 is 1.89 bits per heavy atom. The molecule has 102 valence electrons. The molecule has 0 radical (unpaired) electrons. The molecule has 5 unspecified atom stereocenters. The fourth-order valence-electron chi connectivity index (χ4n) is 4.88. The summed E-state index contributed by atoms with van der Waals surface area (Å²) >= 11 is 10.1. The Kier molecular flexibility index (Phi) is 2.80. The van der Waals surface area contributed by atoms with Crippen LogP contribution in [0.15, 0.2) is 12.1 Å². The van der Waals surface area contributed by atoms with Gasteiger partial charge in [0.2, 0.25) is 0 Å². The second kappa shape index (κ2) is 4.21. The predicted molar refractivity (Wildman–Crippen MR) is 79.1 cm³/mol. The molecule has 5 atom stereocenters. The van der Waals surface area contributed by atoms with E-state index in [9.17, 15) is 4.39 Å². The molecule has 3 heteroatoms. The SMILES string of the molecule is Cc1cc(C(Br)C2C3C4CCC(C4)C32)c(Cl)cc1F. The molecule has 19 heavy (non-hydrogen) atoms. The van der Waals surface area contributed by atoms with Crippen molar-refractivity contribution in [1.82, 2.24) is 0 Å². The molecule has 1 aromatic rings. The van der Waals surface area contributed by atoms with E-state index >= 15 is 0 Å². The maximum Gasteiger partial charge on any atom is 0.127 e. The average Bonchev–Trinajstić information content (AvgIpc) is 2.81. The number of halogens is 3. The summed E-state index contributed by atoms with van der Waals surface area (Å²) in [7, 11) is 0. The Morgan fingerprint density at radius 3 is 2.53 bits per heavy atom. The van der Waals surface area contributed by atoms with E-state index in [1.165, 1.54) is 25.3 Å². The van der Waals surface area contributed by atoms with Gasteiger partial charge in [-0.3, -0.25) is 0 Å². The lowest BCUT2D eigenvalue weighted by Gasteiger charge is -2.17. The smallest absolute Gasteiger partial charge is 0.127 e. The zero-order valence-electron chi connectivity index (χ0n) is 10.9. The Morgan fingerprint density at radius 1 is 1.26 bits per heavy atom. The summed E-state index contributed by atoms with van der Waals surface area (Å²) in [5.41, 5.74) is 1.77. The zero-order chi connectivity index (χ0) is 13.3. The van der Waals surface area contributed by atoms with Crippen LogP contribution in [0.4, 0.5) is 4.39 Å². The fraction of sp³-hybridized carbons (Fsp3) is 0.625. The van der Waals surface area contributed by atoms with Crippen LogP contribution in [0.2, 0.25) is 5.02 Å². The maximum atomic E-state index is 13.5. The molecular formula is C16H17BrClF. The minimum absolute atomic E-state index is 0.204. The second-order valence-corrected chi connectivity index (χ2v) is 7.98. The first-order valence-electron chi connectivity index (χ1n) is 7.17. The van der Waals surface area contributed by atoms with Crippen molar-refractivity contribution in [2.75, 3.05) is 0 Å². The summed E-state index contributed by atoms with van der Waals surface area (Å²) in [5.74, 6) is 4.26. The van der Waals surface area contributed by atoms with Crippen molar-refractivity contribution in [1.29, 1.82) is 0 Å². The molecule has 0 heterocycles. The molecule has 0 aromatic heterocycles. The first kappa shape index (κ1) is 12.6. The summed E-state index contributed by atoms with van der Waals surface area (Å²) in [6.07, 6.45) is 4.32. The van der Waals surface area contributed by atoms with E-state index in [4.69, 9.17) is 11.6 Å². The fourth-order valence-corrected chi connectivity index (χ4v) is 6.37. The second-order valence-electron chi connectivity index (χ2n) is 6.59. The summed E-state index contributed by atoms with van der Waals surface area (Å²) in [6, 6.07) is 3.39. The van der Waals surface area contributed by atoms with Crippen molar-refractivity contribution in [3.63, 3.8) is 0 Å². The standard InChI is InChI=1S/C16H17BrClF/c1-7-4-10(11(18)6-12(7)19)16(17)15-13-8-2-3-9(5-8)14(13)15/h4,6,8-9,13-16H,2-3,5H2,1H3. The van der Waals surface area contributed by atoms with Crippen molar-refractivity contribution < 1.29 is 4.39 Å². The topological polar surface area (TPSA) is 0 Å². The minimum atomic E-state index is -0.204. The Bertz CT molecular complexity index is 528. The summed E-state index contributed by atoms with van der Waals surface area (Å²) < 4.78 is 13.5. The molecule has 0 spiro atoms. The van der Waals surface area contributed by atoms with Gasteiger partial charge < -0.3 is 0 Å². The van der Waals surface area contributed by atoms with Gasteiger partial charge in [0.15, 0.2) is 0 Å². The number of fused-ring (bicyclic) bond motifs is 5. The van der Waals surface area contributed by atoms with Crippen LogP contribution in [0.5, 0.6) is 0 Å². The van der Waals surface area contributed by atoms with E-state index < -0.39 is 0 Å². The predicted octanol–water partition coefficient (Wildman–Crippen LogP) is 5.52. The molecule has 2 bridgehead atoms. The molecule has 0 N–H and O–H groups in total. The lowest BCUT2D eigenvalue weighted by atomic mass is 9.96. The number of benzene rings is 1. The summed E-state index contributed by atoms with van der Waals surface area (Å²) in [6.45, 7) is 1.81. The van der Waals surface area contributed by atoms with Gasteiger partial charge in [0.05, 0.1) is 0 Å². The molecule has 0 amide bonds. The first-order chi connectivity index (χ1) is 9.08. The Hall–Kier alpha value is -0.0800. The highest BCUT2D eigenvalue weighted by Crippen LogP contribution is 2.73. The van der Waals surface area contributed by atoms with Crippen LogP contribution in [0.1, 0.15) is 35.2 Å². The van der Waals surface area contributed by atoms with Crippen LogP contribution in [-0.4, -0.2) is 0 Å². The molecule has 0 nitrogen and oxygen atoms in total. The average molecular weight is 344 g/mol. The molecule has 3 saturated carbocycles. The maximum absolute atomic E-state index is 13.5. The van der Waals surface area contributed by atoms with Crippen molar-refractivity contribution >= 4 is 27.5 Å². The number of aryl methyl sites for hydroxylation is 1. The number of hydrogen-bond acceptors (Lipinski definition) is 0. The van der Waals surface area contributed by atoms with Gasteiger partial charge in [-0.1, -0.05) is 33.6 Å². The zero-order valence-corrected chi connectivity index (χ0v) is 13.2. The number of rotatable bonds is 2. The molecule has 3 fully saturated rings. The monoisotopic (exact) mass is 342 g/mol. The van der Waals surface area contributed by atoms with E-state index in [1.807, 2.05) is 13.0 Å². The summed E-state index contributed by atoms with van der Waals surface area (Å²) in [5, 5.41) is 0.572. The lowest BCUT2D eigenvalue weighted by molar-refractivity contribution is 0.456. The third-order valence-electron chi connectivity index (χ3n) is 5.71. The Balaban J connectivity index is 1.62. The molecule has 1 aromatic carbocycles. The lowest BCUT2D eigenvalue weighted by Crippen LogP contribution is -2.05. The van der Waals surface area contributed by atoms with Crippen molar-refractivity contribution in [3.05, 3.63) is 34.1 Å². The third-order valence-corrected chi connectivity index (χ3v) is 7.14. The normalized spacial score (nSPS) is 40.3. The highest BCUT2D eigenvalue weighted by Gasteiger charge is 2.66. The van der Waals surface area contributed by atoms with E-state index in [-0.39, 0.29) is 5.82 Å². The number of hydrogen-bond donors (Lipinski definition) is 0. The van der Waals surface area contributed by atoms with Crippen LogP contribution in [0.3, 0.4) is 0 Å². The van der Waals surface area contributed by atoms with Crippen LogP contribution in [0, 0.1) is 42.3 Å². The van der Waals surface area contributed by atoms with Gasteiger partial charge in [0.1, 0.15) is 5.82 Å². The molecular weight excluding hydrogens is 327 g/mol. The third kappa shape index (κ3) is 1.75. The van der Waals surface area contributed by atoms with Gasteiger partial charge in [-0.05, 0) is 73.0 Å². The quantitative estimate of drug-likeness (QED) is 0.621. The highest BCUT2D eigenvalue weighted by molar-refractivity contribution is 9.09.